The Morgan fingerprint density at radius 2 is 1.45 bits per heavy atom. The standard InChI is InChI=1S/2ClH.HNO2.2H2N.HO2Se.Pt/c;;2-1-3;;;1-3-2;/h2*1H;(H,2,3);2*1H2;(H,1,2);/q;;;2*-1;;+4/p-3. The fourth-order valence-corrected chi connectivity index (χ4v) is 0. The maximum Gasteiger partial charge on any atom is -0.693 e. The van der Waals surface area contributed by atoms with Crippen LogP contribution in [-0.2, 0) is 20.3 Å². The minimum atomic E-state index is -1.38. The van der Waals surface area contributed by atoms with Crippen LogP contribution in [0.1, 0.15) is 0 Å². The molecule has 0 bridgehead atoms. The maximum atomic E-state index is 8.55. The molecule has 0 amide bonds. The van der Waals surface area contributed by atoms with E-state index in [1.165, 1.54) is 0 Å². The molecule has 0 heterocycles. The van der Waals surface area contributed by atoms with Gasteiger partial charge in [-0.2, -0.15) is 0 Å². The summed E-state index contributed by atoms with van der Waals surface area (Å²) in [7, 11) is 9.75. The summed E-state index contributed by atoms with van der Waals surface area (Å²) in [5, 5.41) is 9.00. The second kappa shape index (κ2) is 70.7. The Bertz CT molecular complexity index is 52.6. The van der Waals surface area contributed by atoms with Gasteiger partial charge in [-0.05, 0) is 0 Å². The Hall–Kier alpha value is 0.868. The average molecular weight is 456 g/mol. The van der Waals surface area contributed by atoms with Crippen LogP contribution < -0.4 is 0 Å². The van der Waals surface area contributed by atoms with Gasteiger partial charge in [0.2, 0.25) is 0 Å². The fourth-order valence-electron chi connectivity index (χ4n) is 0. The van der Waals surface area contributed by atoms with Crippen molar-refractivity contribution in [1.29, 1.82) is 0 Å². The molecule has 0 saturated carbocycles. The van der Waals surface area contributed by atoms with Gasteiger partial charge in [0.15, 0.2) is 0 Å². The summed E-state index contributed by atoms with van der Waals surface area (Å²) >= 11 is -1.85. The summed E-state index contributed by atoms with van der Waals surface area (Å²) in [6.07, 6.45) is 0. The van der Waals surface area contributed by atoms with Gasteiger partial charge in [0.1, 0.15) is 0 Å². The quantitative estimate of drug-likeness (QED) is 0.336. The van der Waals surface area contributed by atoms with Crippen LogP contribution in [0.2, 0.25) is 0 Å². The third-order valence-corrected chi connectivity index (χ3v) is 0. The van der Waals surface area contributed by atoms with E-state index in [1.54, 1.807) is 0 Å². The number of nitrogens with two attached hydrogens (primary N) is 2. The molecule has 0 rings (SSSR count). The molecule has 0 aliphatic rings. The van der Waals surface area contributed by atoms with Crippen molar-refractivity contribution in [2.24, 2.45) is 5.34 Å². The smallest absolute Gasteiger partial charge is 0.693 e. The molecular weight excluding hydrogens is 451 g/mol. The molecular formula is H5Cl2N3O4PtSe-. The van der Waals surface area contributed by atoms with Crippen molar-refractivity contribution in [3.05, 3.63) is 22.4 Å². The van der Waals surface area contributed by atoms with E-state index in [1.807, 2.05) is 0 Å². The van der Waals surface area contributed by atoms with Gasteiger partial charge in [0, 0.05) is 0 Å². The minimum Gasteiger partial charge on any atom is -0.693 e. The maximum absolute atomic E-state index is 8.55. The Kier molecular flexibility index (Phi) is 191. The molecule has 0 unspecified atom stereocenters. The Morgan fingerprint density at radius 1 is 1.45 bits per heavy atom. The summed E-state index contributed by atoms with van der Waals surface area (Å²) in [5.41, 5.74) is 0. The molecule has 0 atom stereocenters. The van der Waals surface area contributed by atoms with Gasteiger partial charge in [0.05, 0.1) is 0 Å². The van der Waals surface area contributed by atoms with Crippen molar-refractivity contribution < 1.29 is 24.5 Å². The molecule has 5 N–H and O–H groups in total. The summed E-state index contributed by atoms with van der Waals surface area (Å²) in [4.78, 5) is 8.00. The first-order valence-corrected chi connectivity index (χ1v) is 8.05. The van der Waals surface area contributed by atoms with Crippen molar-refractivity contribution in [2.75, 3.05) is 0 Å². The van der Waals surface area contributed by atoms with Crippen LogP contribution in [0.5, 0.6) is 0 Å². The Labute approximate surface area is 86.0 Å². The van der Waals surface area contributed by atoms with E-state index < -0.39 is 31.7 Å². The zero-order valence-corrected chi connectivity index (χ0v) is 10.3. The van der Waals surface area contributed by atoms with Crippen molar-refractivity contribution in [2.45, 2.75) is 0 Å². The number of rotatable bonds is 0. The van der Waals surface area contributed by atoms with Gasteiger partial charge in [-0.15, -0.1) is 5.34 Å². The van der Waals surface area contributed by atoms with Crippen molar-refractivity contribution in [1.82, 2.24) is 0 Å². The van der Waals surface area contributed by atoms with Gasteiger partial charge in [-0.25, -0.2) is 0 Å². The topological polar surface area (TPSA) is 157 Å². The van der Waals surface area contributed by atoms with Gasteiger partial charge in [-0.1, -0.05) is 0 Å². The van der Waals surface area contributed by atoms with E-state index in [4.69, 9.17) is 37.0 Å². The molecule has 0 aliphatic carbocycles. The predicted molar refractivity (Wildman–Crippen MR) is 40.1 cm³/mol. The van der Waals surface area contributed by atoms with Gasteiger partial charge in [-0.3, -0.25) is 0 Å². The molecule has 0 spiro atoms. The molecule has 11 heavy (non-hydrogen) atoms. The Balaban J connectivity index is -0.0000000150. The molecule has 0 fully saturated rings. The molecule has 75 valence electrons. The van der Waals surface area contributed by atoms with E-state index in [2.05, 4.69) is 0 Å². The van der Waals surface area contributed by atoms with Crippen LogP contribution >= 0.6 is 18.8 Å². The van der Waals surface area contributed by atoms with E-state index in [0.29, 0.717) is 0 Å². The zero-order valence-electron chi connectivity index (χ0n) is 4.75. The molecule has 11 heteroatoms. The molecule has 0 aromatic heterocycles. The first-order valence-electron chi connectivity index (χ1n) is 0.953. The van der Waals surface area contributed by atoms with Crippen LogP contribution in [0.3, 0.4) is 0 Å². The van der Waals surface area contributed by atoms with Gasteiger partial charge in [0.25, 0.3) is 0 Å². The van der Waals surface area contributed by atoms with Crippen LogP contribution in [0.15, 0.2) is 5.34 Å². The third kappa shape index (κ3) is 1130. The first kappa shape index (κ1) is 29.7. The van der Waals surface area contributed by atoms with Crippen LogP contribution in [0.4, 0.5) is 0 Å². The van der Waals surface area contributed by atoms with E-state index >= 15 is 0 Å². The van der Waals surface area contributed by atoms with Crippen molar-refractivity contribution >= 4 is 34.1 Å². The monoisotopic (exact) mass is 456 g/mol. The predicted octanol–water partition coefficient (Wildman–Crippen LogP) is 2.00. The zero-order chi connectivity index (χ0) is 8.12. The molecule has 0 aliphatic heterocycles. The number of halogens is 2. The molecule has 1 radical (unpaired) electrons. The molecule has 7 nitrogen and oxygen atoms in total. The summed E-state index contributed by atoms with van der Waals surface area (Å²) in [6, 6.07) is 0. The summed E-state index contributed by atoms with van der Waals surface area (Å²) in [5.74, 6) is 0. The normalized spacial score (nSPS) is 4.27. The van der Waals surface area contributed by atoms with Gasteiger partial charge >= 0.3 is 58.6 Å². The second-order valence-corrected chi connectivity index (χ2v) is 3.79. The third-order valence-electron chi connectivity index (χ3n) is 0. The summed E-state index contributed by atoms with van der Waals surface area (Å²) < 4.78 is 15.6. The van der Waals surface area contributed by atoms with Crippen molar-refractivity contribution in [3.8, 4) is 0 Å². The molecule has 0 saturated heterocycles. The SMILES string of the molecule is O=N[O-].O=[Se]O.[Cl][Pt+2][Cl].[NH2-].[NH2-]. The minimum absolute atomic E-state index is 0. The molecule has 0 aromatic carbocycles. The fraction of sp³-hybridized carbons (Fsp3) is 0. The number of hydrogen-bond donors (Lipinski definition) is 1. The summed E-state index contributed by atoms with van der Waals surface area (Å²) in [6.45, 7) is 0. The van der Waals surface area contributed by atoms with Crippen molar-refractivity contribution in [3.63, 3.8) is 0 Å². The second-order valence-electron chi connectivity index (χ2n) is 0.194. The van der Waals surface area contributed by atoms with Crippen LogP contribution in [0, 0.1) is 10.1 Å². The Morgan fingerprint density at radius 3 is 1.45 bits per heavy atom. The van der Waals surface area contributed by atoms with Crippen LogP contribution in [0.25, 0.3) is 12.3 Å². The first-order chi connectivity index (χ1) is 4.24. The molecule has 0 aromatic rings. The van der Waals surface area contributed by atoms with Gasteiger partial charge < -0.3 is 22.4 Å². The van der Waals surface area contributed by atoms with Crippen LogP contribution in [-0.4, -0.2) is 19.4 Å². The van der Waals surface area contributed by atoms with E-state index in [0.717, 1.165) is 5.34 Å². The number of hydrogen-bond acceptors (Lipinski definition) is 4. The van der Waals surface area contributed by atoms with E-state index in [9.17, 15) is 0 Å². The number of nitrogens with zero attached hydrogens (tertiary/aromatic N) is 1. The van der Waals surface area contributed by atoms with E-state index in [-0.39, 0.29) is 12.3 Å². The average Bonchev–Trinajstić information content (AvgIpc) is 1.70. The largest absolute Gasteiger partial charge is 0.693 e.